The highest BCUT2D eigenvalue weighted by molar-refractivity contribution is 5.88. The first-order valence-corrected chi connectivity index (χ1v) is 8.08. The third-order valence-corrected chi connectivity index (χ3v) is 4.19. The number of methoxy groups -OCH3 is 2. The summed E-state index contributed by atoms with van der Waals surface area (Å²) in [4.78, 5) is 11.8. The van der Waals surface area contributed by atoms with E-state index in [9.17, 15) is 9.90 Å². The fourth-order valence-corrected chi connectivity index (χ4v) is 2.90. The van der Waals surface area contributed by atoms with Crippen LogP contribution in [0.2, 0.25) is 0 Å². The van der Waals surface area contributed by atoms with E-state index < -0.39 is 5.97 Å². The summed E-state index contributed by atoms with van der Waals surface area (Å²) in [6.45, 7) is 3.93. The summed E-state index contributed by atoms with van der Waals surface area (Å²) in [5, 5.41) is 14.2. The smallest absolute Gasteiger partial charge is 0.354 e. The molecule has 6 nitrogen and oxygen atoms in total. The molecule has 0 fully saturated rings. The van der Waals surface area contributed by atoms with E-state index in [0.29, 0.717) is 22.8 Å². The highest BCUT2D eigenvalue weighted by atomic mass is 16.5. The predicted octanol–water partition coefficient (Wildman–Crippen LogP) is 3.87. The number of nitrogens with zero attached hydrogens (tertiary/aromatic N) is 2. The zero-order valence-corrected chi connectivity index (χ0v) is 15.1. The molecule has 0 saturated heterocycles. The first-order chi connectivity index (χ1) is 12.4. The molecule has 3 aromatic rings. The van der Waals surface area contributed by atoms with Crippen molar-refractivity contribution in [2.24, 2.45) is 0 Å². The Kier molecular flexibility index (Phi) is 4.67. The van der Waals surface area contributed by atoms with Crippen molar-refractivity contribution in [3.05, 3.63) is 59.3 Å². The van der Waals surface area contributed by atoms with E-state index >= 15 is 0 Å². The number of carbonyl (C=O) groups is 1. The third-order valence-electron chi connectivity index (χ3n) is 4.19. The monoisotopic (exact) mass is 352 g/mol. The summed E-state index contributed by atoms with van der Waals surface area (Å²) in [7, 11) is 3.13. The van der Waals surface area contributed by atoms with E-state index in [4.69, 9.17) is 9.47 Å². The van der Waals surface area contributed by atoms with Gasteiger partial charge in [-0.1, -0.05) is 17.7 Å². The molecule has 2 aromatic carbocycles. The van der Waals surface area contributed by atoms with Crippen LogP contribution in [0, 0.1) is 13.8 Å². The lowest BCUT2D eigenvalue weighted by molar-refractivity contribution is 0.0687. The number of benzene rings is 2. The summed E-state index contributed by atoms with van der Waals surface area (Å²) in [5.41, 5.74) is 4.08. The number of ether oxygens (including phenoxy) is 2. The van der Waals surface area contributed by atoms with E-state index in [1.807, 2.05) is 32.0 Å². The van der Waals surface area contributed by atoms with Crippen LogP contribution in [0.1, 0.15) is 21.6 Å². The maximum atomic E-state index is 11.8. The Hall–Kier alpha value is -3.28. The van der Waals surface area contributed by atoms with Crippen LogP contribution in [-0.2, 0) is 0 Å². The lowest BCUT2D eigenvalue weighted by Crippen LogP contribution is -2.09. The Morgan fingerprint density at radius 3 is 2.42 bits per heavy atom. The summed E-state index contributed by atoms with van der Waals surface area (Å²) in [6, 6.07) is 12.7. The van der Waals surface area contributed by atoms with Gasteiger partial charge in [-0.05, 0) is 43.7 Å². The number of carboxylic acid groups (broad SMARTS) is 1. The van der Waals surface area contributed by atoms with E-state index in [1.165, 1.54) is 4.68 Å². The van der Waals surface area contributed by atoms with Gasteiger partial charge >= 0.3 is 5.97 Å². The van der Waals surface area contributed by atoms with Gasteiger partial charge in [0.2, 0.25) is 0 Å². The molecule has 134 valence electrons. The second-order valence-corrected chi connectivity index (χ2v) is 5.99. The van der Waals surface area contributed by atoms with Crippen LogP contribution < -0.4 is 9.47 Å². The van der Waals surface area contributed by atoms with E-state index in [2.05, 4.69) is 5.10 Å². The van der Waals surface area contributed by atoms with Gasteiger partial charge in [-0.2, -0.15) is 5.10 Å². The molecule has 0 aliphatic heterocycles. The van der Waals surface area contributed by atoms with Gasteiger partial charge in [-0.15, -0.1) is 0 Å². The van der Waals surface area contributed by atoms with Crippen LogP contribution >= 0.6 is 0 Å². The van der Waals surface area contributed by atoms with Gasteiger partial charge in [0.1, 0.15) is 11.5 Å². The molecule has 6 heteroatoms. The van der Waals surface area contributed by atoms with Crippen LogP contribution in [0.15, 0.2) is 42.5 Å². The van der Waals surface area contributed by atoms with Gasteiger partial charge in [0.15, 0.2) is 5.69 Å². The number of rotatable bonds is 5. The topological polar surface area (TPSA) is 73.6 Å². The van der Waals surface area contributed by atoms with Crippen molar-refractivity contribution in [1.29, 1.82) is 0 Å². The molecule has 0 aliphatic carbocycles. The first-order valence-electron chi connectivity index (χ1n) is 8.08. The number of aryl methyl sites for hydroxylation is 2. The molecule has 0 radical (unpaired) electrons. The molecule has 0 unspecified atom stereocenters. The SMILES string of the molecule is COc1ccc(-c2cc(C(=O)O)n(-c3ccc(C)cc3C)n2)c(OC)c1. The van der Waals surface area contributed by atoms with Crippen molar-refractivity contribution < 1.29 is 19.4 Å². The van der Waals surface area contributed by atoms with Crippen molar-refractivity contribution in [3.63, 3.8) is 0 Å². The fraction of sp³-hybridized carbons (Fsp3) is 0.200. The minimum atomic E-state index is -1.05. The van der Waals surface area contributed by atoms with Gasteiger partial charge in [-0.3, -0.25) is 0 Å². The van der Waals surface area contributed by atoms with E-state index in [1.54, 1.807) is 38.5 Å². The molecule has 0 spiro atoms. The van der Waals surface area contributed by atoms with Crippen molar-refractivity contribution >= 4 is 5.97 Å². The molecular weight excluding hydrogens is 332 g/mol. The number of carboxylic acids is 1. The maximum Gasteiger partial charge on any atom is 0.354 e. The standard InChI is InChI=1S/C20H20N2O4/c1-12-5-8-17(13(2)9-12)22-18(20(23)24)11-16(21-22)15-7-6-14(25-3)10-19(15)26-4/h5-11H,1-4H3,(H,23,24). The van der Waals surface area contributed by atoms with Crippen molar-refractivity contribution in [3.8, 4) is 28.4 Å². The highest BCUT2D eigenvalue weighted by Crippen LogP contribution is 2.33. The summed E-state index contributed by atoms with van der Waals surface area (Å²) >= 11 is 0. The molecular formula is C20H20N2O4. The van der Waals surface area contributed by atoms with E-state index in [-0.39, 0.29) is 5.69 Å². The zero-order chi connectivity index (χ0) is 18.8. The first kappa shape index (κ1) is 17.5. The van der Waals surface area contributed by atoms with Gasteiger partial charge in [0, 0.05) is 11.6 Å². The fourth-order valence-electron chi connectivity index (χ4n) is 2.90. The second-order valence-electron chi connectivity index (χ2n) is 5.99. The van der Waals surface area contributed by atoms with Gasteiger partial charge in [0.25, 0.3) is 0 Å². The molecule has 0 bridgehead atoms. The Balaban J connectivity index is 2.18. The third kappa shape index (κ3) is 3.13. The predicted molar refractivity (Wildman–Crippen MR) is 98.5 cm³/mol. The molecule has 0 aliphatic rings. The Bertz CT molecular complexity index is 976. The normalized spacial score (nSPS) is 10.6. The molecule has 26 heavy (non-hydrogen) atoms. The highest BCUT2D eigenvalue weighted by Gasteiger charge is 2.20. The van der Waals surface area contributed by atoms with Gasteiger partial charge in [-0.25, -0.2) is 9.48 Å². The Labute approximate surface area is 151 Å². The summed E-state index contributed by atoms with van der Waals surface area (Å²) in [5.74, 6) is 0.167. The minimum absolute atomic E-state index is 0.0878. The molecule has 1 heterocycles. The minimum Gasteiger partial charge on any atom is -0.497 e. The lowest BCUT2D eigenvalue weighted by atomic mass is 10.1. The van der Waals surface area contributed by atoms with Crippen molar-refractivity contribution in [2.45, 2.75) is 13.8 Å². The number of aromatic carboxylic acids is 1. The lowest BCUT2D eigenvalue weighted by Gasteiger charge is -2.10. The Morgan fingerprint density at radius 1 is 1.04 bits per heavy atom. The molecule has 1 N–H and O–H groups in total. The van der Waals surface area contributed by atoms with Crippen molar-refractivity contribution in [1.82, 2.24) is 9.78 Å². The number of hydrogen-bond acceptors (Lipinski definition) is 4. The second kappa shape index (κ2) is 6.92. The van der Waals surface area contributed by atoms with Crippen LogP contribution in [0.25, 0.3) is 16.9 Å². The van der Waals surface area contributed by atoms with Crippen molar-refractivity contribution in [2.75, 3.05) is 14.2 Å². The molecule has 3 rings (SSSR count). The summed E-state index contributed by atoms with van der Waals surface area (Å²) < 4.78 is 12.1. The van der Waals surface area contributed by atoms with Crippen LogP contribution in [0.4, 0.5) is 0 Å². The van der Waals surface area contributed by atoms with Crippen LogP contribution in [0.5, 0.6) is 11.5 Å². The number of aromatic nitrogens is 2. The Morgan fingerprint density at radius 2 is 1.81 bits per heavy atom. The van der Waals surface area contributed by atoms with Gasteiger partial charge < -0.3 is 14.6 Å². The molecule has 0 amide bonds. The van der Waals surface area contributed by atoms with Crippen LogP contribution in [-0.4, -0.2) is 35.1 Å². The molecule has 0 atom stereocenters. The van der Waals surface area contributed by atoms with Gasteiger partial charge in [0.05, 0.1) is 25.6 Å². The average molecular weight is 352 g/mol. The molecule has 1 aromatic heterocycles. The van der Waals surface area contributed by atoms with E-state index in [0.717, 1.165) is 16.8 Å². The largest absolute Gasteiger partial charge is 0.497 e. The quantitative estimate of drug-likeness (QED) is 0.754. The number of hydrogen-bond donors (Lipinski definition) is 1. The summed E-state index contributed by atoms with van der Waals surface area (Å²) in [6.07, 6.45) is 0. The molecule has 0 saturated carbocycles. The zero-order valence-electron chi connectivity index (χ0n) is 15.1. The van der Waals surface area contributed by atoms with Crippen LogP contribution in [0.3, 0.4) is 0 Å². The maximum absolute atomic E-state index is 11.8. The average Bonchev–Trinajstić information content (AvgIpc) is 3.06.